The van der Waals surface area contributed by atoms with Gasteiger partial charge in [-0.1, -0.05) is 23.9 Å². The Morgan fingerprint density at radius 1 is 1.27 bits per heavy atom. The smallest absolute Gasteiger partial charge is 0.257 e. The minimum atomic E-state index is -0.233. The van der Waals surface area contributed by atoms with Gasteiger partial charge in [-0.2, -0.15) is 5.26 Å². The molecule has 1 N–H and O–H groups in total. The highest BCUT2D eigenvalue weighted by Crippen LogP contribution is 2.34. The summed E-state index contributed by atoms with van der Waals surface area (Å²) in [5.74, 6) is -0.233. The van der Waals surface area contributed by atoms with E-state index in [0.717, 1.165) is 24.8 Å². The Labute approximate surface area is 168 Å². The summed E-state index contributed by atoms with van der Waals surface area (Å²) in [7, 11) is 0. The molecule has 26 heavy (non-hydrogen) atoms. The largest absolute Gasteiger partial charge is 0.312 e. The van der Waals surface area contributed by atoms with Crippen molar-refractivity contribution in [2.24, 2.45) is 0 Å². The molecule has 1 amide bonds. The summed E-state index contributed by atoms with van der Waals surface area (Å²) in [6.07, 6.45) is 1.72. The summed E-state index contributed by atoms with van der Waals surface area (Å²) in [6.45, 7) is 3.84. The van der Waals surface area contributed by atoms with Crippen molar-refractivity contribution in [3.63, 3.8) is 0 Å². The highest BCUT2D eigenvalue weighted by molar-refractivity contribution is 9.10. The van der Waals surface area contributed by atoms with Crippen molar-refractivity contribution in [3.05, 3.63) is 68.6 Å². The number of hydrogen-bond acceptors (Lipinski definition) is 5. The number of carbonyl (C=O) groups is 1. The summed E-state index contributed by atoms with van der Waals surface area (Å²) in [5, 5.41) is 13.6. The van der Waals surface area contributed by atoms with Crippen molar-refractivity contribution in [2.75, 3.05) is 5.32 Å². The van der Waals surface area contributed by atoms with E-state index in [-0.39, 0.29) is 5.91 Å². The first kappa shape index (κ1) is 18.6. The third-order valence-corrected chi connectivity index (χ3v) is 6.39. The quantitative estimate of drug-likeness (QED) is 0.553. The van der Waals surface area contributed by atoms with Gasteiger partial charge in [-0.15, -0.1) is 11.3 Å². The Hall–Kier alpha value is -2.14. The van der Waals surface area contributed by atoms with Gasteiger partial charge in [0.2, 0.25) is 0 Å². The Kier molecular flexibility index (Phi) is 5.77. The van der Waals surface area contributed by atoms with Gasteiger partial charge in [-0.3, -0.25) is 4.79 Å². The molecule has 0 unspecified atom stereocenters. The summed E-state index contributed by atoms with van der Waals surface area (Å²) in [6, 6.07) is 13.4. The number of anilines is 1. The van der Waals surface area contributed by atoms with Crippen LogP contribution in [-0.2, 0) is 0 Å². The average molecular weight is 444 g/mol. The van der Waals surface area contributed by atoms with E-state index in [1.807, 2.05) is 44.2 Å². The van der Waals surface area contributed by atoms with Crippen LogP contribution in [0.25, 0.3) is 0 Å². The molecule has 0 atom stereocenters. The number of hydrogen-bond donors (Lipinski definition) is 1. The molecule has 0 radical (unpaired) electrons. The number of amides is 1. The van der Waals surface area contributed by atoms with Gasteiger partial charge in [0.05, 0.1) is 11.1 Å². The lowest BCUT2D eigenvalue weighted by atomic mass is 10.1. The molecule has 130 valence electrons. The molecule has 0 aliphatic heterocycles. The van der Waals surface area contributed by atoms with Crippen LogP contribution in [-0.4, -0.2) is 10.9 Å². The van der Waals surface area contributed by atoms with Crippen molar-refractivity contribution in [3.8, 4) is 6.07 Å². The number of nitrogens with one attached hydrogen (secondary N) is 1. The first-order valence-electron chi connectivity index (χ1n) is 7.69. The van der Waals surface area contributed by atoms with Gasteiger partial charge in [0, 0.05) is 20.4 Å². The maximum absolute atomic E-state index is 12.8. The van der Waals surface area contributed by atoms with E-state index >= 15 is 0 Å². The number of halogens is 1. The predicted octanol–water partition coefficient (Wildman–Crippen LogP) is 5.80. The van der Waals surface area contributed by atoms with Crippen LogP contribution < -0.4 is 5.32 Å². The van der Waals surface area contributed by atoms with Crippen LogP contribution in [0.1, 0.15) is 26.4 Å². The van der Waals surface area contributed by atoms with Gasteiger partial charge in [0.15, 0.2) is 0 Å². The SMILES string of the molecule is Cc1sc(NC(=O)c2ccccc2Sc2ccc(Br)cn2)c(C#N)c1C. The molecule has 7 heteroatoms. The summed E-state index contributed by atoms with van der Waals surface area (Å²) in [4.78, 5) is 19.0. The van der Waals surface area contributed by atoms with E-state index < -0.39 is 0 Å². The Morgan fingerprint density at radius 3 is 2.73 bits per heavy atom. The number of rotatable bonds is 4. The van der Waals surface area contributed by atoms with Crippen LogP contribution in [0.15, 0.2) is 57.0 Å². The van der Waals surface area contributed by atoms with Crippen LogP contribution in [0, 0.1) is 25.2 Å². The van der Waals surface area contributed by atoms with Gasteiger partial charge in [-0.25, -0.2) is 4.98 Å². The maximum atomic E-state index is 12.8. The molecule has 0 saturated carbocycles. The number of aryl methyl sites for hydroxylation is 1. The monoisotopic (exact) mass is 443 g/mol. The predicted molar refractivity (Wildman–Crippen MR) is 109 cm³/mol. The fourth-order valence-electron chi connectivity index (χ4n) is 2.30. The molecule has 0 fully saturated rings. The molecule has 1 aromatic carbocycles. The number of nitriles is 1. The van der Waals surface area contributed by atoms with Crippen LogP contribution in [0.2, 0.25) is 0 Å². The first-order chi connectivity index (χ1) is 12.5. The van der Waals surface area contributed by atoms with Gasteiger partial charge in [-0.05, 0) is 59.6 Å². The average Bonchev–Trinajstić information content (AvgIpc) is 2.90. The third kappa shape index (κ3) is 3.98. The molecule has 3 aromatic rings. The van der Waals surface area contributed by atoms with Crippen molar-refractivity contribution in [1.82, 2.24) is 4.98 Å². The highest BCUT2D eigenvalue weighted by atomic mass is 79.9. The molecule has 0 saturated heterocycles. The van der Waals surface area contributed by atoms with Crippen LogP contribution in [0.3, 0.4) is 0 Å². The van der Waals surface area contributed by atoms with Crippen LogP contribution >= 0.6 is 39.0 Å². The Balaban J connectivity index is 1.88. The normalized spacial score (nSPS) is 10.4. The van der Waals surface area contributed by atoms with Crippen molar-refractivity contribution < 1.29 is 4.79 Å². The van der Waals surface area contributed by atoms with Crippen molar-refractivity contribution >= 4 is 49.9 Å². The van der Waals surface area contributed by atoms with Gasteiger partial charge < -0.3 is 5.32 Å². The molecule has 2 heterocycles. The first-order valence-corrected chi connectivity index (χ1v) is 10.1. The molecular weight excluding hydrogens is 430 g/mol. The van der Waals surface area contributed by atoms with Gasteiger partial charge in [0.25, 0.3) is 5.91 Å². The molecule has 0 aliphatic carbocycles. The number of benzene rings is 1. The van der Waals surface area contributed by atoms with E-state index in [2.05, 4.69) is 32.3 Å². The topological polar surface area (TPSA) is 65.8 Å². The van der Waals surface area contributed by atoms with E-state index in [1.165, 1.54) is 23.1 Å². The number of nitrogens with zero attached hydrogens (tertiary/aromatic N) is 2. The lowest BCUT2D eigenvalue weighted by Crippen LogP contribution is -2.12. The van der Waals surface area contributed by atoms with E-state index in [4.69, 9.17) is 0 Å². The summed E-state index contributed by atoms with van der Waals surface area (Å²) < 4.78 is 0.903. The second-order valence-corrected chi connectivity index (χ2v) is 8.67. The highest BCUT2D eigenvalue weighted by Gasteiger charge is 2.18. The number of pyridine rings is 1. The molecule has 4 nitrogen and oxygen atoms in total. The number of carbonyl (C=O) groups excluding carboxylic acids is 1. The molecule has 0 bridgehead atoms. The third-order valence-electron chi connectivity index (χ3n) is 3.77. The molecule has 0 aliphatic rings. The zero-order valence-corrected chi connectivity index (χ0v) is 17.3. The second-order valence-electron chi connectivity index (χ2n) is 5.47. The number of aromatic nitrogens is 1. The van der Waals surface area contributed by atoms with E-state index in [9.17, 15) is 10.1 Å². The van der Waals surface area contributed by atoms with Crippen molar-refractivity contribution in [2.45, 2.75) is 23.8 Å². The van der Waals surface area contributed by atoms with Gasteiger partial charge in [0.1, 0.15) is 16.1 Å². The lowest BCUT2D eigenvalue weighted by Gasteiger charge is -2.09. The Bertz CT molecular complexity index is 1010. The minimum Gasteiger partial charge on any atom is -0.312 e. The summed E-state index contributed by atoms with van der Waals surface area (Å²) in [5.41, 5.74) is 1.99. The van der Waals surface area contributed by atoms with E-state index in [1.54, 1.807) is 12.3 Å². The van der Waals surface area contributed by atoms with Crippen LogP contribution in [0.5, 0.6) is 0 Å². The van der Waals surface area contributed by atoms with Crippen molar-refractivity contribution in [1.29, 1.82) is 5.26 Å². The second kappa shape index (κ2) is 8.04. The zero-order chi connectivity index (χ0) is 18.7. The molecule has 0 spiro atoms. The minimum absolute atomic E-state index is 0.233. The molecule has 3 rings (SSSR count). The van der Waals surface area contributed by atoms with E-state index in [0.29, 0.717) is 16.1 Å². The molecule has 2 aromatic heterocycles. The fourth-order valence-corrected chi connectivity index (χ4v) is 4.42. The summed E-state index contributed by atoms with van der Waals surface area (Å²) >= 11 is 6.21. The number of thiophene rings is 1. The Morgan fingerprint density at radius 2 is 2.04 bits per heavy atom. The maximum Gasteiger partial charge on any atom is 0.257 e. The fraction of sp³-hybridized carbons (Fsp3) is 0.105. The standard InChI is InChI=1S/C19H14BrN3OS2/c1-11-12(2)25-19(15(11)9-21)23-18(24)14-5-3-4-6-16(14)26-17-8-7-13(20)10-22-17/h3-8,10H,1-2H3,(H,23,24). The lowest BCUT2D eigenvalue weighted by molar-refractivity contribution is 0.102. The molecular formula is C19H14BrN3OS2. The van der Waals surface area contributed by atoms with Crippen LogP contribution in [0.4, 0.5) is 5.00 Å². The zero-order valence-electron chi connectivity index (χ0n) is 14.0. The van der Waals surface area contributed by atoms with Gasteiger partial charge >= 0.3 is 0 Å².